The molecular weight excluding hydrogens is 406 g/mol. The summed E-state index contributed by atoms with van der Waals surface area (Å²) in [4.78, 5) is 54.5. The van der Waals surface area contributed by atoms with E-state index in [4.69, 9.17) is 0 Å². The van der Waals surface area contributed by atoms with E-state index in [1.54, 1.807) is 4.90 Å². The van der Waals surface area contributed by atoms with Crippen molar-refractivity contribution in [2.45, 2.75) is 44.7 Å². The second-order valence-corrected chi connectivity index (χ2v) is 8.32. The average Bonchev–Trinajstić information content (AvgIpc) is 3.41. The molecule has 7 heteroatoms. The minimum atomic E-state index is -0.905. The molecule has 1 aliphatic heterocycles. The van der Waals surface area contributed by atoms with Gasteiger partial charge in [-0.2, -0.15) is 0 Å². The van der Waals surface area contributed by atoms with Gasteiger partial charge in [0.25, 0.3) is 0 Å². The van der Waals surface area contributed by atoms with Gasteiger partial charge in [0.05, 0.1) is 0 Å². The van der Waals surface area contributed by atoms with Crippen LogP contribution < -0.4 is 0 Å². The number of carbonyl (C=O) groups is 4. The highest BCUT2D eigenvalue weighted by Gasteiger charge is 2.48. The summed E-state index contributed by atoms with van der Waals surface area (Å²) in [7, 11) is 0. The van der Waals surface area contributed by atoms with Crippen LogP contribution >= 0.6 is 0 Å². The fourth-order valence-corrected chi connectivity index (χ4v) is 4.39. The van der Waals surface area contributed by atoms with Crippen LogP contribution in [0.15, 0.2) is 60.7 Å². The zero-order valence-electron chi connectivity index (χ0n) is 18.0. The van der Waals surface area contributed by atoms with Gasteiger partial charge in [-0.05, 0) is 30.4 Å². The lowest BCUT2D eigenvalue weighted by atomic mass is 10.1. The van der Waals surface area contributed by atoms with Gasteiger partial charge in [-0.3, -0.25) is 19.3 Å². The molecule has 2 fully saturated rings. The van der Waals surface area contributed by atoms with Crippen LogP contribution in [0.4, 0.5) is 4.79 Å². The predicted octanol–water partition coefficient (Wildman–Crippen LogP) is 2.99. The number of nitrogens with zero attached hydrogens (tertiary/aromatic N) is 3. The van der Waals surface area contributed by atoms with Crippen molar-refractivity contribution in [3.8, 4) is 0 Å². The first-order chi connectivity index (χ1) is 15.5. The summed E-state index contributed by atoms with van der Waals surface area (Å²) >= 11 is 0. The number of hydrogen-bond donors (Lipinski definition) is 0. The van der Waals surface area contributed by atoms with Crippen LogP contribution in [0.25, 0.3) is 0 Å². The first-order valence-corrected chi connectivity index (χ1v) is 11.1. The molecule has 2 aromatic rings. The molecule has 0 atom stereocenters. The second-order valence-electron chi connectivity index (χ2n) is 8.32. The fourth-order valence-electron chi connectivity index (χ4n) is 4.39. The quantitative estimate of drug-likeness (QED) is 0.474. The summed E-state index contributed by atoms with van der Waals surface area (Å²) in [6, 6.07) is 18.5. The Balaban J connectivity index is 1.47. The van der Waals surface area contributed by atoms with E-state index < -0.39 is 24.4 Å². The molecule has 0 N–H and O–H groups in total. The van der Waals surface area contributed by atoms with Gasteiger partial charge in [0, 0.05) is 19.1 Å². The molecule has 2 aromatic carbocycles. The lowest BCUT2D eigenvalue weighted by Gasteiger charge is -2.25. The molecule has 4 rings (SSSR count). The van der Waals surface area contributed by atoms with Crippen molar-refractivity contribution in [2.75, 3.05) is 13.1 Å². The normalized spacial score (nSPS) is 16.8. The summed E-state index contributed by atoms with van der Waals surface area (Å²) < 4.78 is 0. The summed E-state index contributed by atoms with van der Waals surface area (Å²) in [5.74, 6) is -2.07. The molecule has 1 saturated carbocycles. The number of imide groups is 2. The van der Waals surface area contributed by atoms with E-state index in [0.717, 1.165) is 33.8 Å². The average molecular weight is 434 g/mol. The number of urea groups is 1. The van der Waals surface area contributed by atoms with Crippen LogP contribution in [0.3, 0.4) is 0 Å². The molecule has 0 unspecified atom stereocenters. The minimum Gasteiger partial charge on any atom is -0.336 e. The van der Waals surface area contributed by atoms with Gasteiger partial charge < -0.3 is 4.90 Å². The Kier molecular flexibility index (Phi) is 6.63. The number of rotatable bonds is 8. The highest BCUT2D eigenvalue weighted by atomic mass is 16.2. The topological polar surface area (TPSA) is 78.0 Å². The standard InChI is InChI=1S/C25H27N3O4/c29-22(18-27-23(30)24(31)28(25(27)32)21-13-7-8-14-21)26(17-20-11-5-2-6-12-20)16-15-19-9-3-1-4-10-19/h1-6,9-12,21H,7-8,13-18H2. The van der Waals surface area contributed by atoms with Crippen molar-refractivity contribution in [1.82, 2.24) is 14.7 Å². The Morgan fingerprint density at radius 1 is 0.844 bits per heavy atom. The van der Waals surface area contributed by atoms with E-state index in [1.165, 1.54) is 0 Å². The van der Waals surface area contributed by atoms with Crippen molar-refractivity contribution >= 4 is 23.8 Å². The van der Waals surface area contributed by atoms with Gasteiger partial charge in [-0.1, -0.05) is 73.5 Å². The zero-order chi connectivity index (χ0) is 22.5. The Labute approximate surface area is 187 Å². The van der Waals surface area contributed by atoms with Crippen molar-refractivity contribution in [2.24, 2.45) is 0 Å². The molecule has 166 valence electrons. The van der Waals surface area contributed by atoms with Crippen LogP contribution in [0.2, 0.25) is 0 Å². The monoisotopic (exact) mass is 433 g/mol. The molecular formula is C25H27N3O4. The molecule has 5 amide bonds. The number of hydrogen-bond acceptors (Lipinski definition) is 4. The Morgan fingerprint density at radius 3 is 2.06 bits per heavy atom. The zero-order valence-corrected chi connectivity index (χ0v) is 18.0. The van der Waals surface area contributed by atoms with Crippen LogP contribution in [0.1, 0.15) is 36.8 Å². The van der Waals surface area contributed by atoms with E-state index in [9.17, 15) is 19.2 Å². The van der Waals surface area contributed by atoms with E-state index in [0.29, 0.717) is 32.4 Å². The molecule has 1 heterocycles. The molecule has 0 bridgehead atoms. The third-order valence-corrected chi connectivity index (χ3v) is 6.15. The van der Waals surface area contributed by atoms with Gasteiger partial charge in [0.2, 0.25) is 5.91 Å². The highest BCUT2D eigenvalue weighted by Crippen LogP contribution is 2.27. The Hall–Kier alpha value is -3.48. The lowest BCUT2D eigenvalue weighted by Crippen LogP contribution is -2.44. The second kappa shape index (κ2) is 9.77. The first kappa shape index (κ1) is 21.7. The van der Waals surface area contributed by atoms with Crippen LogP contribution in [0.5, 0.6) is 0 Å². The third-order valence-electron chi connectivity index (χ3n) is 6.15. The molecule has 32 heavy (non-hydrogen) atoms. The first-order valence-electron chi connectivity index (χ1n) is 11.1. The number of benzene rings is 2. The molecule has 1 aliphatic carbocycles. The molecule has 0 aromatic heterocycles. The van der Waals surface area contributed by atoms with E-state index >= 15 is 0 Å². The maximum Gasteiger partial charge on any atom is 0.334 e. The van der Waals surface area contributed by atoms with E-state index in [-0.39, 0.29) is 11.9 Å². The van der Waals surface area contributed by atoms with Gasteiger partial charge in [0.15, 0.2) is 0 Å². The maximum absolute atomic E-state index is 13.2. The fraction of sp³-hybridized carbons (Fsp3) is 0.360. The van der Waals surface area contributed by atoms with Crippen molar-refractivity contribution in [3.05, 3.63) is 71.8 Å². The van der Waals surface area contributed by atoms with Crippen LogP contribution in [-0.2, 0) is 27.3 Å². The molecule has 1 saturated heterocycles. The number of carbonyl (C=O) groups excluding carboxylic acids is 4. The third kappa shape index (κ3) is 4.72. The Morgan fingerprint density at radius 2 is 1.44 bits per heavy atom. The minimum absolute atomic E-state index is 0.238. The smallest absolute Gasteiger partial charge is 0.334 e. The van der Waals surface area contributed by atoms with Gasteiger partial charge in [-0.15, -0.1) is 0 Å². The largest absolute Gasteiger partial charge is 0.336 e. The van der Waals surface area contributed by atoms with Crippen LogP contribution in [0, 0.1) is 0 Å². The summed E-state index contributed by atoms with van der Waals surface area (Å²) in [5, 5.41) is 0. The molecule has 7 nitrogen and oxygen atoms in total. The maximum atomic E-state index is 13.2. The highest BCUT2D eigenvalue weighted by molar-refractivity contribution is 6.45. The van der Waals surface area contributed by atoms with Crippen molar-refractivity contribution < 1.29 is 19.2 Å². The van der Waals surface area contributed by atoms with Crippen molar-refractivity contribution in [1.29, 1.82) is 0 Å². The van der Waals surface area contributed by atoms with E-state index in [2.05, 4.69) is 0 Å². The Bertz CT molecular complexity index is 987. The number of amides is 5. The lowest BCUT2D eigenvalue weighted by molar-refractivity contribution is -0.145. The predicted molar refractivity (Wildman–Crippen MR) is 118 cm³/mol. The van der Waals surface area contributed by atoms with Gasteiger partial charge >= 0.3 is 17.8 Å². The van der Waals surface area contributed by atoms with Gasteiger partial charge in [0.1, 0.15) is 6.54 Å². The summed E-state index contributed by atoms with van der Waals surface area (Å²) in [6.07, 6.45) is 3.93. The summed E-state index contributed by atoms with van der Waals surface area (Å²) in [6.45, 7) is 0.380. The van der Waals surface area contributed by atoms with Crippen molar-refractivity contribution in [3.63, 3.8) is 0 Å². The molecule has 0 radical (unpaired) electrons. The SMILES string of the molecule is O=C(CN1C(=O)C(=O)N(C2CCCC2)C1=O)N(CCc1ccccc1)Cc1ccccc1. The van der Waals surface area contributed by atoms with Gasteiger partial charge in [-0.25, -0.2) is 9.69 Å². The summed E-state index contributed by atoms with van der Waals surface area (Å²) in [5.41, 5.74) is 2.05. The van der Waals surface area contributed by atoms with E-state index in [1.807, 2.05) is 60.7 Å². The van der Waals surface area contributed by atoms with Crippen LogP contribution in [-0.4, -0.2) is 57.6 Å². The molecule has 0 spiro atoms. The molecule has 2 aliphatic rings.